The standard InChI is InChI=1S/C25H29N3O2/c1-2-19-7-3-6-10-23(19)28-18-25(30-24(28)29)12-15-27(16-13-25)14-11-20-17-26-22-9-5-4-8-21(20)22/h3-10,17,26H,2,11-16,18H2,1H3. The van der Waals surface area contributed by atoms with E-state index < -0.39 is 0 Å². The zero-order chi connectivity index (χ0) is 20.6. The Kier molecular flexibility index (Phi) is 4.99. The summed E-state index contributed by atoms with van der Waals surface area (Å²) in [7, 11) is 0. The second kappa shape index (κ2) is 7.80. The second-order valence-corrected chi connectivity index (χ2v) is 8.57. The molecule has 1 amide bonds. The van der Waals surface area contributed by atoms with Crippen molar-refractivity contribution in [3.8, 4) is 0 Å². The van der Waals surface area contributed by atoms with Crippen molar-refractivity contribution in [3.63, 3.8) is 0 Å². The first-order chi connectivity index (χ1) is 14.7. The molecule has 0 atom stereocenters. The lowest BCUT2D eigenvalue weighted by molar-refractivity contribution is 0.00128. The van der Waals surface area contributed by atoms with Crippen LogP contribution in [0.1, 0.15) is 30.9 Å². The quantitative estimate of drug-likeness (QED) is 0.668. The van der Waals surface area contributed by atoms with Crippen LogP contribution in [0, 0.1) is 0 Å². The summed E-state index contributed by atoms with van der Waals surface area (Å²) in [6.45, 7) is 5.77. The van der Waals surface area contributed by atoms with Gasteiger partial charge >= 0.3 is 6.09 Å². The first kappa shape index (κ1) is 19.2. The number of amides is 1. The first-order valence-corrected chi connectivity index (χ1v) is 11.0. The van der Waals surface area contributed by atoms with Crippen LogP contribution in [0.5, 0.6) is 0 Å². The maximum Gasteiger partial charge on any atom is 0.415 e. The van der Waals surface area contributed by atoms with Crippen LogP contribution in [0.4, 0.5) is 10.5 Å². The molecule has 2 aromatic carbocycles. The van der Waals surface area contributed by atoms with Crippen molar-refractivity contribution in [2.45, 2.75) is 38.2 Å². The molecule has 2 aliphatic rings. The molecule has 0 unspecified atom stereocenters. The fourth-order valence-corrected chi connectivity index (χ4v) is 4.94. The number of H-pyrrole nitrogens is 1. The van der Waals surface area contributed by atoms with Crippen molar-refractivity contribution in [1.29, 1.82) is 0 Å². The van der Waals surface area contributed by atoms with Gasteiger partial charge in [-0.15, -0.1) is 0 Å². The predicted octanol–water partition coefficient (Wildman–Crippen LogP) is 4.76. The van der Waals surface area contributed by atoms with Gasteiger partial charge < -0.3 is 14.6 Å². The number of likely N-dealkylation sites (tertiary alicyclic amines) is 1. The van der Waals surface area contributed by atoms with Crippen molar-refractivity contribution in [1.82, 2.24) is 9.88 Å². The summed E-state index contributed by atoms with van der Waals surface area (Å²) >= 11 is 0. The van der Waals surface area contributed by atoms with Crippen LogP contribution in [0.15, 0.2) is 54.7 Å². The van der Waals surface area contributed by atoms with Gasteiger partial charge in [-0.3, -0.25) is 4.90 Å². The molecule has 5 heteroatoms. The van der Waals surface area contributed by atoms with E-state index in [9.17, 15) is 4.79 Å². The first-order valence-electron chi connectivity index (χ1n) is 11.0. The smallest absolute Gasteiger partial charge is 0.415 e. The minimum absolute atomic E-state index is 0.192. The zero-order valence-electron chi connectivity index (χ0n) is 17.6. The van der Waals surface area contributed by atoms with Crippen molar-refractivity contribution >= 4 is 22.7 Å². The summed E-state index contributed by atoms with van der Waals surface area (Å²) in [6, 6.07) is 16.6. The number of piperidine rings is 1. The number of aryl methyl sites for hydroxylation is 1. The number of aromatic amines is 1. The molecule has 5 nitrogen and oxygen atoms in total. The number of nitrogens with one attached hydrogen (secondary N) is 1. The van der Waals surface area contributed by atoms with Crippen LogP contribution < -0.4 is 4.90 Å². The number of ether oxygens (including phenoxy) is 1. The van der Waals surface area contributed by atoms with Crippen LogP contribution >= 0.6 is 0 Å². The number of hydrogen-bond donors (Lipinski definition) is 1. The Labute approximate surface area is 177 Å². The van der Waals surface area contributed by atoms with Crippen molar-refractivity contribution in [2.75, 3.05) is 31.1 Å². The number of para-hydroxylation sites is 2. The average molecular weight is 404 g/mol. The Balaban J connectivity index is 1.21. The van der Waals surface area contributed by atoms with Crippen molar-refractivity contribution < 1.29 is 9.53 Å². The number of anilines is 1. The molecule has 5 rings (SSSR count). The highest BCUT2D eigenvalue weighted by Gasteiger charge is 2.47. The van der Waals surface area contributed by atoms with Gasteiger partial charge in [0.15, 0.2) is 0 Å². The van der Waals surface area contributed by atoms with Gasteiger partial charge in [0.2, 0.25) is 0 Å². The molecule has 156 valence electrons. The molecule has 1 spiro atoms. The van der Waals surface area contributed by atoms with Crippen LogP contribution in [-0.2, 0) is 17.6 Å². The summed E-state index contributed by atoms with van der Waals surface area (Å²) in [5.74, 6) is 0. The molecule has 0 aliphatic carbocycles. The zero-order valence-corrected chi connectivity index (χ0v) is 17.6. The van der Waals surface area contributed by atoms with E-state index >= 15 is 0 Å². The van der Waals surface area contributed by atoms with Gasteiger partial charge in [0, 0.05) is 49.6 Å². The van der Waals surface area contributed by atoms with Gasteiger partial charge in [-0.1, -0.05) is 43.3 Å². The number of rotatable bonds is 5. The molecular weight excluding hydrogens is 374 g/mol. The fourth-order valence-electron chi connectivity index (χ4n) is 4.94. The molecule has 30 heavy (non-hydrogen) atoms. The van der Waals surface area contributed by atoms with Gasteiger partial charge in [-0.25, -0.2) is 4.79 Å². The van der Waals surface area contributed by atoms with E-state index in [1.165, 1.54) is 22.0 Å². The Hall–Kier alpha value is -2.79. The SMILES string of the molecule is CCc1ccccc1N1CC2(CCN(CCc3c[nH]c4ccccc34)CC2)OC1=O. The highest BCUT2D eigenvalue weighted by molar-refractivity contribution is 5.91. The normalized spacial score (nSPS) is 19.0. The van der Waals surface area contributed by atoms with Crippen molar-refractivity contribution in [3.05, 3.63) is 65.9 Å². The topological polar surface area (TPSA) is 48.6 Å². The highest BCUT2D eigenvalue weighted by Crippen LogP contribution is 2.37. The molecule has 0 radical (unpaired) electrons. The number of carbonyl (C=O) groups is 1. The van der Waals surface area contributed by atoms with E-state index in [0.717, 1.165) is 51.0 Å². The van der Waals surface area contributed by atoms with Crippen LogP contribution in [0.3, 0.4) is 0 Å². The lowest BCUT2D eigenvalue weighted by Crippen LogP contribution is -2.47. The number of hydrogen-bond acceptors (Lipinski definition) is 3. The molecule has 3 aromatic rings. The maximum atomic E-state index is 12.7. The summed E-state index contributed by atoms with van der Waals surface area (Å²) < 4.78 is 5.97. The van der Waals surface area contributed by atoms with E-state index in [1.54, 1.807) is 0 Å². The number of nitrogens with zero attached hydrogens (tertiary/aromatic N) is 2. The lowest BCUT2D eigenvalue weighted by Gasteiger charge is -2.37. The number of fused-ring (bicyclic) bond motifs is 1. The summed E-state index contributed by atoms with van der Waals surface area (Å²) in [6.07, 6.45) is 5.69. The van der Waals surface area contributed by atoms with E-state index in [1.807, 2.05) is 23.1 Å². The largest absolute Gasteiger partial charge is 0.441 e. The molecule has 1 N–H and O–H groups in total. The van der Waals surface area contributed by atoms with Crippen LogP contribution in [0.25, 0.3) is 10.9 Å². The van der Waals surface area contributed by atoms with E-state index in [0.29, 0.717) is 6.54 Å². The Morgan fingerprint density at radius 2 is 1.80 bits per heavy atom. The third-order valence-electron chi connectivity index (χ3n) is 6.77. The molecule has 2 aliphatic heterocycles. The number of carbonyl (C=O) groups excluding carboxylic acids is 1. The fraction of sp³-hybridized carbons (Fsp3) is 0.400. The molecule has 1 aromatic heterocycles. The van der Waals surface area contributed by atoms with Gasteiger partial charge in [0.25, 0.3) is 0 Å². The van der Waals surface area contributed by atoms with E-state index in [-0.39, 0.29) is 11.7 Å². The molecular formula is C25H29N3O2. The van der Waals surface area contributed by atoms with Crippen molar-refractivity contribution in [2.24, 2.45) is 0 Å². The van der Waals surface area contributed by atoms with Gasteiger partial charge in [0.05, 0.1) is 12.2 Å². The molecule has 2 fully saturated rings. The third kappa shape index (κ3) is 3.47. The number of benzene rings is 2. The van der Waals surface area contributed by atoms with E-state index in [2.05, 4.69) is 53.3 Å². The highest BCUT2D eigenvalue weighted by atomic mass is 16.6. The minimum Gasteiger partial charge on any atom is -0.441 e. The molecule has 3 heterocycles. The minimum atomic E-state index is -0.338. The van der Waals surface area contributed by atoms with Gasteiger partial charge in [0.1, 0.15) is 5.60 Å². The van der Waals surface area contributed by atoms with Gasteiger partial charge in [-0.05, 0) is 36.1 Å². The number of aromatic nitrogens is 1. The van der Waals surface area contributed by atoms with Crippen LogP contribution in [-0.4, -0.2) is 47.8 Å². The van der Waals surface area contributed by atoms with Crippen LogP contribution in [0.2, 0.25) is 0 Å². The lowest BCUT2D eigenvalue weighted by atomic mass is 9.91. The summed E-state index contributed by atoms with van der Waals surface area (Å²) in [5, 5.41) is 1.32. The monoisotopic (exact) mass is 403 g/mol. The molecule has 0 bridgehead atoms. The second-order valence-electron chi connectivity index (χ2n) is 8.57. The Morgan fingerprint density at radius 3 is 2.63 bits per heavy atom. The Morgan fingerprint density at radius 1 is 1.03 bits per heavy atom. The summed E-state index contributed by atoms with van der Waals surface area (Å²) in [5.41, 5.74) is 4.44. The Bertz CT molecular complexity index is 1050. The average Bonchev–Trinajstić information content (AvgIpc) is 3.34. The maximum absolute atomic E-state index is 12.7. The van der Waals surface area contributed by atoms with Gasteiger partial charge in [-0.2, -0.15) is 0 Å². The summed E-state index contributed by atoms with van der Waals surface area (Å²) in [4.78, 5) is 20.4. The predicted molar refractivity (Wildman–Crippen MR) is 120 cm³/mol. The molecule has 2 saturated heterocycles. The van der Waals surface area contributed by atoms with E-state index in [4.69, 9.17) is 4.74 Å². The molecule has 0 saturated carbocycles. The third-order valence-corrected chi connectivity index (χ3v) is 6.77.